The highest BCUT2D eigenvalue weighted by molar-refractivity contribution is 5.67. The summed E-state index contributed by atoms with van der Waals surface area (Å²) < 4.78 is 10.5. The summed E-state index contributed by atoms with van der Waals surface area (Å²) in [6, 6.07) is 19.3. The molecule has 1 fully saturated rings. The summed E-state index contributed by atoms with van der Waals surface area (Å²) in [5.74, 6) is 0.873. The van der Waals surface area contributed by atoms with Crippen molar-refractivity contribution in [3.63, 3.8) is 0 Å². The lowest BCUT2D eigenvalue weighted by molar-refractivity contribution is 0.0641. The first-order valence-electron chi connectivity index (χ1n) is 10.0. The van der Waals surface area contributed by atoms with Crippen LogP contribution in [0.5, 0.6) is 5.75 Å². The Labute approximate surface area is 167 Å². The Kier molecular flexibility index (Phi) is 7.31. The molecule has 28 heavy (non-hydrogen) atoms. The van der Waals surface area contributed by atoms with E-state index >= 15 is 0 Å². The molecule has 3 rings (SSSR count). The van der Waals surface area contributed by atoms with Gasteiger partial charge in [-0.3, -0.25) is 4.90 Å². The lowest BCUT2D eigenvalue weighted by Gasteiger charge is -2.39. The van der Waals surface area contributed by atoms with Crippen molar-refractivity contribution in [1.82, 2.24) is 9.80 Å². The van der Waals surface area contributed by atoms with Gasteiger partial charge in [-0.2, -0.15) is 0 Å². The van der Waals surface area contributed by atoms with Gasteiger partial charge >= 0.3 is 6.09 Å². The van der Waals surface area contributed by atoms with Crippen LogP contribution in [0.3, 0.4) is 0 Å². The maximum absolute atomic E-state index is 12.0. The second-order valence-electron chi connectivity index (χ2n) is 7.04. The molecule has 0 bridgehead atoms. The average molecular weight is 383 g/mol. The minimum Gasteiger partial charge on any atom is -0.497 e. The van der Waals surface area contributed by atoms with Crippen LogP contribution in [0.4, 0.5) is 4.79 Å². The molecule has 150 valence electrons. The number of piperazine rings is 1. The van der Waals surface area contributed by atoms with E-state index < -0.39 is 0 Å². The SMILES string of the molecule is CCOC(=O)N1CCN(C(CCc2ccccc2)c2ccc(OC)cc2)CC1. The van der Waals surface area contributed by atoms with Crippen molar-refractivity contribution < 1.29 is 14.3 Å². The molecule has 0 N–H and O–H groups in total. The van der Waals surface area contributed by atoms with E-state index in [0.717, 1.165) is 31.7 Å². The van der Waals surface area contributed by atoms with Crippen molar-refractivity contribution >= 4 is 6.09 Å². The smallest absolute Gasteiger partial charge is 0.409 e. The summed E-state index contributed by atoms with van der Waals surface area (Å²) >= 11 is 0. The minimum absolute atomic E-state index is 0.201. The summed E-state index contributed by atoms with van der Waals surface area (Å²) in [5, 5.41) is 0. The van der Waals surface area contributed by atoms with Crippen molar-refractivity contribution in [3.05, 3.63) is 65.7 Å². The number of methoxy groups -OCH3 is 1. The quantitative estimate of drug-likeness (QED) is 0.722. The highest BCUT2D eigenvalue weighted by Crippen LogP contribution is 2.29. The zero-order valence-electron chi connectivity index (χ0n) is 16.8. The number of amides is 1. The highest BCUT2D eigenvalue weighted by atomic mass is 16.6. The summed E-state index contributed by atoms with van der Waals surface area (Å²) in [5.41, 5.74) is 2.65. The van der Waals surface area contributed by atoms with Gasteiger partial charge in [-0.25, -0.2) is 4.79 Å². The Morgan fingerprint density at radius 1 is 1.00 bits per heavy atom. The minimum atomic E-state index is -0.201. The maximum atomic E-state index is 12.0. The molecule has 1 amide bonds. The summed E-state index contributed by atoms with van der Waals surface area (Å²) in [4.78, 5) is 16.3. The molecule has 1 heterocycles. The molecule has 0 aliphatic carbocycles. The topological polar surface area (TPSA) is 42.0 Å². The number of rotatable bonds is 7. The van der Waals surface area contributed by atoms with Gasteiger partial charge in [0.05, 0.1) is 13.7 Å². The van der Waals surface area contributed by atoms with Crippen LogP contribution in [-0.2, 0) is 11.2 Å². The van der Waals surface area contributed by atoms with Crippen LogP contribution in [0.1, 0.15) is 30.5 Å². The van der Waals surface area contributed by atoms with Crippen LogP contribution in [0.25, 0.3) is 0 Å². The molecule has 1 aliphatic rings. The molecule has 1 atom stereocenters. The Morgan fingerprint density at radius 3 is 2.29 bits per heavy atom. The van der Waals surface area contributed by atoms with Crippen LogP contribution in [0.2, 0.25) is 0 Å². The first-order chi connectivity index (χ1) is 13.7. The van der Waals surface area contributed by atoms with Gasteiger partial charge in [0, 0.05) is 32.2 Å². The van der Waals surface area contributed by atoms with E-state index in [9.17, 15) is 4.79 Å². The second-order valence-corrected chi connectivity index (χ2v) is 7.04. The number of aryl methyl sites for hydroxylation is 1. The molecule has 2 aromatic rings. The normalized spacial score (nSPS) is 15.9. The van der Waals surface area contributed by atoms with Crippen LogP contribution in [0, 0.1) is 0 Å². The molecule has 5 nitrogen and oxygen atoms in total. The molecule has 1 aliphatic heterocycles. The van der Waals surface area contributed by atoms with Crippen LogP contribution >= 0.6 is 0 Å². The largest absolute Gasteiger partial charge is 0.497 e. The number of hydrogen-bond acceptors (Lipinski definition) is 4. The van der Waals surface area contributed by atoms with Gasteiger partial charge in [0.2, 0.25) is 0 Å². The third-order valence-corrected chi connectivity index (χ3v) is 5.33. The predicted molar refractivity (Wildman–Crippen MR) is 111 cm³/mol. The third-order valence-electron chi connectivity index (χ3n) is 5.33. The van der Waals surface area contributed by atoms with E-state index in [1.54, 1.807) is 7.11 Å². The first kappa shape index (κ1) is 20.2. The number of carbonyl (C=O) groups is 1. The fourth-order valence-electron chi connectivity index (χ4n) is 3.77. The fourth-order valence-corrected chi connectivity index (χ4v) is 3.77. The van der Waals surface area contributed by atoms with E-state index in [1.807, 2.05) is 24.0 Å². The summed E-state index contributed by atoms with van der Waals surface area (Å²) in [6.45, 7) is 5.38. The lowest BCUT2D eigenvalue weighted by Crippen LogP contribution is -2.49. The number of carbonyl (C=O) groups excluding carboxylic acids is 1. The van der Waals surface area contributed by atoms with E-state index in [0.29, 0.717) is 25.7 Å². The molecule has 0 radical (unpaired) electrons. The van der Waals surface area contributed by atoms with Gasteiger partial charge < -0.3 is 14.4 Å². The van der Waals surface area contributed by atoms with Crippen LogP contribution in [-0.4, -0.2) is 55.8 Å². The Hall–Kier alpha value is -2.53. The van der Waals surface area contributed by atoms with Crippen LogP contribution < -0.4 is 4.74 Å². The maximum Gasteiger partial charge on any atom is 0.409 e. The van der Waals surface area contributed by atoms with E-state index in [2.05, 4.69) is 47.4 Å². The third kappa shape index (κ3) is 5.26. The first-order valence-corrected chi connectivity index (χ1v) is 10.0. The molecule has 2 aromatic carbocycles. The lowest BCUT2D eigenvalue weighted by atomic mass is 9.96. The van der Waals surface area contributed by atoms with Crippen molar-refractivity contribution in [3.8, 4) is 5.75 Å². The number of nitrogens with zero attached hydrogens (tertiary/aromatic N) is 2. The van der Waals surface area contributed by atoms with E-state index in [1.165, 1.54) is 11.1 Å². The Balaban J connectivity index is 1.69. The van der Waals surface area contributed by atoms with Crippen molar-refractivity contribution in [2.75, 3.05) is 39.9 Å². The van der Waals surface area contributed by atoms with Crippen molar-refractivity contribution in [2.45, 2.75) is 25.8 Å². The van der Waals surface area contributed by atoms with Gasteiger partial charge in [0.25, 0.3) is 0 Å². The summed E-state index contributed by atoms with van der Waals surface area (Å²) in [7, 11) is 1.69. The van der Waals surface area contributed by atoms with Crippen molar-refractivity contribution in [1.29, 1.82) is 0 Å². The molecular weight excluding hydrogens is 352 g/mol. The van der Waals surface area contributed by atoms with Gasteiger partial charge in [-0.05, 0) is 43.0 Å². The Morgan fingerprint density at radius 2 is 1.68 bits per heavy atom. The number of benzene rings is 2. The second kappa shape index (κ2) is 10.1. The Bertz CT molecular complexity index is 725. The molecule has 5 heteroatoms. The predicted octanol–water partition coefficient (Wildman–Crippen LogP) is 4.14. The monoisotopic (exact) mass is 382 g/mol. The van der Waals surface area contributed by atoms with Gasteiger partial charge in [-0.1, -0.05) is 42.5 Å². The van der Waals surface area contributed by atoms with Gasteiger partial charge in [0.1, 0.15) is 5.75 Å². The number of hydrogen-bond donors (Lipinski definition) is 0. The molecule has 1 saturated heterocycles. The standard InChI is InChI=1S/C23H30N2O3/c1-3-28-23(26)25-17-15-24(16-18-25)22(14-9-19-7-5-4-6-8-19)20-10-12-21(27-2)13-11-20/h4-8,10-13,22H,3,9,14-18H2,1-2H3. The molecular formula is C23H30N2O3. The highest BCUT2D eigenvalue weighted by Gasteiger charge is 2.27. The van der Waals surface area contributed by atoms with E-state index in [-0.39, 0.29) is 6.09 Å². The average Bonchev–Trinajstić information content (AvgIpc) is 2.75. The van der Waals surface area contributed by atoms with Crippen molar-refractivity contribution in [2.24, 2.45) is 0 Å². The van der Waals surface area contributed by atoms with Crippen LogP contribution in [0.15, 0.2) is 54.6 Å². The summed E-state index contributed by atoms with van der Waals surface area (Å²) in [6.07, 6.45) is 1.86. The zero-order valence-corrected chi connectivity index (χ0v) is 16.8. The van der Waals surface area contributed by atoms with E-state index in [4.69, 9.17) is 9.47 Å². The fraction of sp³-hybridized carbons (Fsp3) is 0.435. The van der Waals surface area contributed by atoms with Gasteiger partial charge in [-0.15, -0.1) is 0 Å². The molecule has 1 unspecified atom stereocenters. The molecule has 0 saturated carbocycles. The molecule has 0 aromatic heterocycles. The van der Waals surface area contributed by atoms with Gasteiger partial charge in [0.15, 0.2) is 0 Å². The number of ether oxygens (including phenoxy) is 2. The zero-order chi connectivity index (χ0) is 19.8. The molecule has 0 spiro atoms.